The summed E-state index contributed by atoms with van der Waals surface area (Å²) in [5, 5.41) is 0. The minimum atomic E-state index is -0.311. The number of carbonyl (C=O) groups excluding carboxylic acids is 1. The number of carbonyl (C=O) groups is 1. The first-order valence-corrected chi connectivity index (χ1v) is 10.6. The van der Waals surface area contributed by atoms with Crippen LogP contribution in [0.15, 0.2) is 0 Å². The molecular weight excluding hydrogens is 310 g/mol. The van der Waals surface area contributed by atoms with Crippen LogP contribution in [0.5, 0.6) is 0 Å². The molecule has 0 aromatic rings. The number of esters is 1. The fourth-order valence-corrected chi connectivity index (χ4v) is 4.23. The highest BCUT2D eigenvalue weighted by atomic mass is 32.2. The molecule has 2 aliphatic heterocycles. The van der Waals surface area contributed by atoms with E-state index in [1.165, 1.54) is 18.6 Å². The van der Waals surface area contributed by atoms with E-state index in [9.17, 15) is 4.79 Å². The third-order valence-electron chi connectivity index (χ3n) is 5.24. The van der Waals surface area contributed by atoms with Crippen LogP contribution in [0.25, 0.3) is 0 Å². The Morgan fingerprint density at radius 1 is 1.35 bits per heavy atom. The molecule has 4 nitrogen and oxygen atoms in total. The van der Waals surface area contributed by atoms with Gasteiger partial charge in [0, 0.05) is 6.61 Å². The van der Waals surface area contributed by atoms with Gasteiger partial charge in [-0.15, -0.1) is 0 Å². The van der Waals surface area contributed by atoms with Gasteiger partial charge >= 0.3 is 5.97 Å². The molecule has 2 saturated heterocycles. The van der Waals surface area contributed by atoms with Gasteiger partial charge in [0.15, 0.2) is 0 Å². The third kappa shape index (κ3) is 5.64. The molecule has 0 aromatic carbocycles. The molecule has 134 valence electrons. The molecule has 1 unspecified atom stereocenters. The molecule has 0 radical (unpaired) electrons. The summed E-state index contributed by atoms with van der Waals surface area (Å²) in [6.07, 6.45) is 9.82. The monoisotopic (exact) mass is 343 g/mol. The Kier molecular flexibility index (Phi) is 8.21. The van der Waals surface area contributed by atoms with Crippen molar-refractivity contribution in [2.24, 2.45) is 5.41 Å². The van der Waals surface area contributed by atoms with Crippen molar-refractivity contribution in [3.8, 4) is 0 Å². The van der Waals surface area contributed by atoms with Gasteiger partial charge in [-0.25, -0.2) is 0 Å². The summed E-state index contributed by atoms with van der Waals surface area (Å²) >= 11 is 1.91. The van der Waals surface area contributed by atoms with Crippen molar-refractivity contribution in [1.82, 2.24) is 4.90 Å². The lowest BCUT2D eigenvalue weighted by Crippen LogP contribution is -2.47. The van der Waals surface area contributed by atoms with Crippen LogP contribution in [0.2, 0.25) is 0 Å². The van der Waals surface area contributed by atoms with Crippen molar-refractivity contribution < 1.29 is 14.3 Å². The summed E-state index contributed by atoms with van der Waals surface area (Å²) in [6.45, 7) is 6.41. The lowest BCUT2D eigenvalue weighted by Gasteiger charge is -2.42. The predicted molar refractivity (Wildman–Crippen MR) is 95.9 cm³/mol. The number of thioether (sulfide) groups is 1. The standard InChI is InChI=1S/C18H33NO3S/c1-3-21-17(20)18(15-16-7-4-5-13-22-16)8-11-19(12-9-18)10-6-14-23-2/h16H,3-15H2,1-2H3. The zero-order valence-corrected chi connectivity index (χ0v) is 15.7. The molecule has 0 aromatic heterocycles. The molecule has 5 heteroatoms. The van der Waals surface area contributed by atoms with E-state index in [0.717, 1.165) is 58.3 Å². The Labute approximate surface area is 145 Å². The van der Waals surface area contributed by atoms with E-state index < -0.39 is 0 Å². The van der Waals surface area contributed by atoms with Gasteiger partial charge in [-0.2, -0.15) is 11.8 Å². The number of ether oxygens (including phenoxy) is 2. The molecule has 23 heavy (non-hydrogen) atoms. The summed E-state index contributed by atoms with van der Waals surface area (Å²) < 4.78 is 11.4. The van der Waals surface area contributed by atoms with Crippen LogP contribution in [0.3, 0.4) is 0 Å². The second kappa shape index (κ2) is 9.90. The molecule has 0 aliphatic carbocycles. The van der Waals surface area contributed by atoms with E-state index in [-0.39, 0.29) is 17.5 Å². The van der Waals surface area contributed by atoms with Gasteiger partial charge in [0.05, 0.1) is 18.1 Å². The predicted octanol–water partition coefficient (Wildman–Crippen LogP) is 3.34. The first-order valence-electron chi connectivity index (χ1n) is 9.20. The van der Waals surface area contributed by atoms with Gasteiger partial charge in [-0.05, 0) is 83.5 Å². The topological polar surface area (TPSA) is 38.8 Å². The number of likely N-dealkylation sites (tertiary alicyclic amines) is 1. The Bertz CT molecular complexity index is 350. The minimum Gasteiger partial charge on any atom is -0.466 e. The molecule has 2 heterocycles. The van der Waals surface area contributed by atoms with Crippen molar-refractivity contribution in [2.75, 3.05) is 44.9 Å². The van der Waals surface area contributed by atoms with Gasteiger partial charge in [0.25, 0.3) is 0 Å². The van der Waals surface area contributed by atoms with E-state index in [1.807, 2.05) is 18.7 Å². The zero-order chi connectivity index (χ0) is 16.5. The lowest BCUT2D eigenvalue weighted by molar-refractivity contribution is -0.162. The Balaban J connectivity index is 1.91. The molecule has 0 spiro atoms. The molecule has 2 fully saturated rings. The molecule has 2 rings (SSSR count). The smallest absolute Gasteiger partial charge is 0.312 e. The molecular formula is C18H33NO3S. The van der Waals surface area contributed by atoms with E-state index in [4.69, 9.17) is 9.47 Å². The van der Waals surface area contributed by atoms with Crippen LogP contribution in [0, 0.1) is 5.41 Å². The number of hydrogen-bond donors (Lipinski definition) is 0. The highest BCUT2D eigenvalue weighted by Crippen LogP contribution is 2.39. The number of nitrogens with zero attached hydrogens (tertiary/aromatic N) is 1. The average Bonchev–Trinajstić information content (AvgIpc) is 2.58. The lowest BCUT2D eigenvalue weighted by atomic mass is 9.73. The van der Waals surface area contributed by atoms with Gasteiger partial charge in [0.1, 0.15) is 0 Å². The number of hydrogen-bond acceptors (Lipinski definition) is 5. The average molecular weight is 344 g/mol. The SMILES string of the molecule is CCOC(=O)C1(CC2CCCCO2)CCN(CCCSC)CC1. The molecule has 0 amide bonds. The highest BCUT2D eigenvalue weighted by Gasteiger charge is 2.44. The summed E-state index contributed by atoms with van der Waals surface area (Å²) in [7, 11) is 0. The maximum absolute atomic E-state index is 12.7. The van der Waals surface area contributed by atoms with Gasteiger partial charge in [-0.3, -0.25) is 4.79 Å². The fraction of sp³-hybridized carbons (Fsp3) is 0.944. The van der Waals surface area contributed by atoms with E-state index in [2.05, 4.69) is 11.2 Å². The van der Waals surface area contributed by atoms with Crippen molar-refractivity contribution in [3.05, 3.63) is 0 Å². The zero-order valence-electron chi connectivity index (χ0n) is 14.8. The molecule has 1 atom stereocenters. The molecule has 2 aliphatic rings. The summed E-state index contributed by atoms with van der Waals surface area (Å²) in [6, 6.07) is 0. The summed E-state index contributed by atoms with van der Waals surface area (Å²) in [5.41, 5.74) is -0.311. The van der Waals surface area contributed by atoms with E-state index >= 15 is 0 Å². The first kappa shape index (κ1) is 19.1. The van der Waals surface area contributed by atoms with Crippen LogP contribution >= 0.6 is 11.8 Å². The van der Waals surface area contributed by atoms with Crippen LogP contribution < -0.4 is 0 Å². The minimum absolute atomic E-state index is 0.0120. The summed E-state index contributed by atoms with van der Waals surface area (Å²) in [5.74, 6) is 1.23. The van der Waals surface area contributed by atoms with Crippen molar-refractivity contribution in [3.63, 3.8) is 0 Å². The van der Waals surface area contributed by atoms with Crippen molar-refractivity contribution in [2.45, 2.75) is 58.0 Å². The van der Waals surface area contributed by atoms with Gasteiger partial charge < -0.3 is 14.4 Å². The summed E-state index contributed by atoms with van der Waals surface area (Å²) in [4.78, 5) is 15.2. The first-order chi connectivity index (χ1) is 11.2. The second-order valence-electron chi connectivity index (χ2n) is 6.88. The van der Waals surface area contributed by atoms with Gasteiger partial charge in [0.2, 0.25) is 0 Å². The van der Waals surface area contributed by atoms with Crippen LogP contribution in [0.4, 0.5) is 0 Å². The van der Waals surface area contributed by atoms with Crippen LogP contribution in [-0.4, -0.2) is 61.8 Å². The molecule has 0 saturated carbocycles. The highest BCUT2D eigenvalue weighted by molar-refractivity contribution is 7.98. The maximum atomic E-state index is 12.7. The van der Waals surface area contributed by atoms with Crippen LogP contribution in [-0.2, 0) is 14.3 Å². The normalized spacial score (nSPS) is 25.2. The molecule has 0 N–H and O–H groups in total. The third-order valence-corrected chi connectivity index (χ3v) is 5.93. The van der Waals surface area contributed by atoms with Crippen LogP contribution in [0.1, 0.15) is 51.9 Å². The Morgan fingerprint density at radius 2 is 2.13 bits per heavy atom. The van der Waals surface area contributed by atoms with E-state index in [1.54, 1.807) is 0 Å². The number of rotatable bonds is 8. The number of piperidine rings is 1. The largest absolute Gasteiger partial charge is 0.466 e. The second-order valence-corrected chi connectivity index (χ2v) is 7.87. The van der Waals surface area contributed by atoms with Crippen molar-refractivity contribution >= 4 is 17.7 Å². The van der Waals surface area contributed by atoms with Gasteiger partial charge in [-0.1, -0.05) is 0 Å². The quantitative estimate of drug-likeness (QED) is 0.499. The van der Waals surface area contributed by atoms with Crippen molar-refractivity contribution in [1.29, 1.82) is 0 Å². The van der Waals surface area contributed by atoms with E-state index in [0.29, 0.717) is 6.61 Å². The maximum Gasteiger partial charge on any atom is 0.312 e. The Hall–Kier alpha value is -0.260. The Morgan fingerprint density at radius 3 is 2.74 bits per heavy atom. The molecule has 0 bridgehead atoms. The fourth-order valence-electron chi connectivity index (χ4n) is 3.82.